The number of anilines is 1. The summed E-state index contributed by atoms with van der Waals surface area (Å²) in [5.74, 6) is -1.67. The van der Waals surface area contributed by atoms with Crippen molar-refractivity contribution in [1.82, 2.24) is 5.32 Å². The lowest BCUT2D eigenvalue weighted by molar-refractivity contribution is -0.145. The van der Waals surface area contributed by atoms with E-state index in [-0.39, 0.29) is 11.7 Å². The van der Waals surface area contributed by atoms with Gasteiger partial charge in [-0.15, -0.1) is 0 Å². The van der Waals surface area contributed by atoms with E-state index in [1.165, 1.54) is 13.0 Å². The van der Waals surface area contributed by atoms with E-state index < -0.39 is 24.5 Å². The molecule has 0 aliphatic heterocycles. The molecule has 0 radical (unpaired) electrons. The third-order valence-electron chi connectivity index (χ3n) is 4.10. The van der Waals surface area contributed by atoms with Crippen LogP contribution in [0.3, 0.4) is 0 Å². The fourth-order valence-electron chi connectivity index (χ4n) is 2.39. The molecule has 0 bridgehead atoms. The van der Waals surface area contributed by atoms with E-state index in [0.29, 0.717) is 17.7 Å². The molecule has 0 aromatic heterocycles. The third kappa shape index (κ3) is 7.35. The normalized spacial score (nSPS) is 11.5. The first-order valence-electron chi connectivity index (χ1n) is 9.52. The van der Waals surface area contributed by atoms with Crippen LogP contribution in [0.1, 0.15) is 36.2 Å². The van der Waals surface area contributed by atoms with Crippen molar-refractivity contribution in [2.75, 3.05) is 11.9 Å². The standard InChI is InChI=1S/C23H24N2O5/c1-3-21(27)25-19-12-10-18(11-13-19)20(26)15-30-23(29)16(2)24-22(28)14-9-17-7-5-4-6-8-17/h4-14,16H,3,15H2,1-2H3,(H,24,28)(H,25,27)/b14-9+/t16-/m0/s1. The fourth-order valence-corrected chi connectivity index (χ4v) is 2.39. The Morgan fingerprint density at radius 2 is 1.67 bits per heavy atom. The molecule has 0 saturated heterocycles. The topological polar surface area (TPSA) is 102 Å². The summed E-state index contributed by atoms with van der Waals surface area (Å²) >= 11 is 0. The van der Waals surface area contributed by atoms with Gasteiger partial charge >= 0.3 is 5.97 Å². The van der Waals surface area contributed by atoms with E-state index in [9.17, 15) is 19.2 Å². The lowest BCUT2D eigenvalue weighted by atomic mass is 10.1. The first-order chi connectivity index (χ1) is 14.4. The highest BCUT2D eigenvalue weighted by Crippen LogP contribution is 2.11. The van der Waals surface area contributed by atoms with Crippen LogP contribution < -0.4 is 10.6 Å². The molecule has 2 amide bonds. The third-order valence-corrected chi connectivity index (χ3v) is 4.10. The minimum atomic E-state index is -0.905. The maximum absolute atomic E-state index is 12.2. The zero-order valence-corrected chi connectivity index (χ0v) is 16.9. The van der Waals surface area contributed by atoms with Crippen molar-refractivity contribution in [3.05, 3.63) is 71.8 Å². The van der Waals surface area contributed by atoms with Gasteiger partial charge in [0.2, 0.25) is 11.8 Å². The van der Waals surface area contributed by atoms with Crippen LogP contribution in [0, 0.1) is 0 Å². The Kier molecular flexibility index (Phi) is 8.50. The first-order valence-corrected chi connectivity index (χ1v) is 9.52. The maximum atomic E-state index is 12.2. The zero-order valence-electron chi connectivity index (χ0n) is 16.9. The van der Waals surface area contributed by atoms with E-state index in [1.54, 1.807) is 37.3 Å². The van der Waals surface area contributed by atoms with Crippen molar-refractivity contribution in [2.45, 2.75) is 26.3 Å². The van der Waals surface area contributed by atoms with Gasteiger partial charge in [-0.3, -0.25) is 14.4 Å². The fraction of sp³-hybridized carbons (Fsp3) is 0.217. The summed E-state index contributed by atoms with van der Waals surface area (Å²) in [5, 5.41) is 5.17. The van der Waals surface area contributed by atoms with Gasteiger partial charge in [-0.05, 0) is 42.8 Å². The quantitative estimate of drug-likeness (QED) is 0.377. The maximum Gasteiger partial charge on any atom is 0.328 e. The molecular weight excluding hydrogens is 384 g/mol. The molecular formula is C23H24N2O5. The minimum absolute atomic E-state index is 0.127. The lowest BCUT2D eigenvalue weighted by Crippen LogP contribution is -2.39. The van der Waals surface area contributed by atoms with E-state index in [2.05, 4.69) is 10.6 Å². The molecule has 30 heavy (non-hydrogen) atoms. The smallest absolute Gasteiger partial charge is 0.328 e. The molecule has 2 rings (SSSR count). The molecule has 0 aliphatic carbocycles. The lowest BCUT2D eigenvalue weighted by Gasteiger charge is -2.12. The number of benzene rings is 2. The SMILES string of the molecule is CCC(=O)Nc1ccc(C(=O)COC(=O)[C@H](C)NC(=O)/C=C/c2ccccc2)cc1. The summed E-state index contributed by atoms with van der Waals surface area (Å²) in [4.78, 5) is 47.5. The molecule has 0 spiro atoms. The van der Waals surface area contributed by atoms with E-state index in [4.69, 9.17) is 4.74 Å². The molecule has 0 saturated carbocycles. The van der Waals surface area contributed by atoms with Crippen LogP contribution in [0.25, 0.3) is 6.08 Å². The van der Waals surface area contributed by atoms with Crippen LogP contribution in [0.15, 0.2) is 60.7 Å². The Morgan fingerprint density at radius 1 is 1.00 bits per heavy atom. The number of carbonyl (C=O) groups is 4. The van der Waals surface area contributed by atoms with Gasteiger partial charge in [-0.2, -0.15) is 0 Å². The van der Waals surface area contributed by atoms with E-state index in [0.717, 1.165) is 5.56 Å². The predicted molar refractivity (Wildman–Crippen MR) is 114 cm³/mol. The van der Waals surface area contributed by atoms with Crippen molar-refractivity contribution in [2.24, 2.45) is 0 Å². The van der Waals surface area contributed by atoms with Crippen LogP contribution in [-0.4, -0.2) is 36.2 Å². The molecule has 1 atom stereocenters. The van der Waals surface area contributed by atoms with Crippen LogP contribution in [0.2, 0.25) is 0 Å². The highest BCUT2D eigenvalue weighted by molar-refractivity contribution is 5.99. The van der Waals surface area contributed by atoms with Gasteiger partial charge in [0, 0.05) is 23.7 Å². The van der Waals surface area contributed by atoms with Gasteiger partial charge in [0.1, 0.15) is 6.04 Å². The Labute approximate surface area is 175 Å². The van der Waals surface area contributed by atoms with Gasteiger partial charge in [-0.1, -0.05) is 37.3 Å². The summed E-state index contributed by atoms with van der Waals surface area (Å²) in [5.41, 5.74) is 1.78. The second-order valence-electron chi connectivity index (χ2n) is 6.48. The Bertz CT molecular complexity index is 920. The number of amides is 2. The molecule has 7 heteroatoms. The number of rotatable bonds is 9. The number of Topliss-reactive ketones (excluding diaryl/α,β-unsaturated/α-hetero) is 1. The van der Waals surface area contributed by atoms with Gasteiger partial charge in [-0.25, -0.2) is 4.79 Å². The molecule has 0 heterocycles. The second kappa shape index (κ2) is 11.3. The number of carbonyl (C=O) groups excluding carboxylic acids is 4. The van der Waals surface area contributed by atoms with Crippen molar-refractivity contribution in [1.29, 1.82) is 0 Å². The number of hydrogen-bond donors (Lipinski definition) is 2. The van der Waals surface area contributed by atoms with Gasteiger partial charge < -0.3 is 15.4 Å². The van der Waals surface area contributed by atoms with E-state index >= 15 is 0 Å². The average molecular weight is 408 g/mol. The van der Waals surface area contributed by atoms with Crippen molar-refractivity contribution < 1.29 is 23.9 Å². The number of hydrogen-bond acceptors (Lipinski definition) is 5. The van der Waals surface area contributed by atoms with Crippen molar-refractivity contribution >= 4 is 35.3 Å². The molecule has 7 nitrogen and oxygen atoms in total. The van der Waals surface area contributed by atoms with Crippen LogP contribution in [-0.2, 0) is 19.1 Å². The predicted octanol–water partition coefficient (Wildman–Crippen LogP) is 2.98. The molecule has 2 aromatic rings. The minimum Gasteiger partial charge on any atom is -0.456 e. The Hall–Kier alpha value is -3.74. The van der Waals surface area contributed by atoms with Crippen LogP contribution in [0.5, 0.6) is 0 Å². The molecule has 156 valence electrons. The summed E-state index contributed by atoms with van der Waals surface area (Å²) in [6.07, 6.45) is 3.31. The monoisotopic (exact) mass is 408 g/mol. The summed E-state index contributed by atoms with van der Waals surface area (Å²) in [6, 6.07) is 14.6. The molecule has 2 N–H and O–H groups in total. The largest absolute Gasteiger partial charge is 0.456 e. The summed E-state index contributed by atoms with van der Waals surface area (Å²) in [7, 11) is 0. The van der Waals surface area contributed by atoms with Crippen LogP contribution >= 0.6 is 0 Å². The second-order valence-corrected chi connectivity index (χ2v) is 6.48. The molecule has 2 aromatic carbocycles. The Balaban J connectivity index is 1.79. The van der Waals surface area contributed by atoms with Crippen LogP contribution in [0.4, 0.5) is 5.69 Å². The van der Waals surface area contributed by atoms with Gasteiger partial charge in [0.05, 0.1) is 0 Å². The molecule has 0 aliphatic rings. The number of esters is 1. The first kappa shape index (κ1) is 22.5. The molecule has 0 fully saturated rings. The summed E-state index contributed by atoms with van der Waals surface area (Å²) < 4.78 is 5.00. The van der Waals surface area contributed by atoms with Crippen molar-refractivity contribution in [3.8, 4) is 0 Å². The van der Waals surface area contributed by atoms with Gasteiger partial charge in [0.15, 0.2) is 12.4 Å². The summed E-state index contributed by atoms with van der Waals surface area (Å²) in [6.45, 7) is 2.77. The van der Waals surface area contributed by atoms with E-state index in [1.807, 2.05) is 30.3 Å². The number of ketones is 1. The average Bonchev–Trinajstić information content (AvgIpc) is 2.76. The number of ether oxygens (including phenoxy) is 1. The number of nitrogens with one attached hydrogen (secondary N) is 2. The molecule has 0 unspecified atom stereocenters. The Morgan fingerprint density at radius 3 is 2.30 bits per heavy atom. The zero-order chi connectivity index (χ0) is 21.9. The highest BCUT2D eigenvalue weighted by Gasteiger charge is 2.18. The highest BCUT2D eigenvalue weighted by atomic mass is 16.5. The van der Waals surface area contributed by atoms with Crippen molar-refractivity contribution in [3.63, 3.8) is 0 Å². The van der Waals surface area contributed by atoms with Gasteiger partial charge in [0.25, 0.3) is 0 Å².